The van der Waals surface area contributed by atoms with Gasteiger partial charge in [0.15, 0.2) is 0 Å². The Hall–Kier alpha value is -0.0800. The number of rotatable bonds is 7. The quantitative estimate of drug-likeness (QED) is 0.687. The lowest BCUT2D eigenvalue weighted by Gasteiger charge is -2.41. The van der Waals surface area contributed by atoms with E-state index in [1.807, 2.05) is 0 Å². The van der Waals surface area contributed by atoms with Crippen LogP contribution in [-0.2, 0) is 0 Å². The largest absolute Gasteiger partial charge is 0.315 e. The highest BCUT2D eigenvalue weighted by molar-refractivity contribution is 4.83. The maximum Gasteiger partial charge on any atom is 0.0192 e. The van der Waals surface area contributed by atoms with Gasteiger partial charge in [0.25, 0.3) is 0 Å². The maximum absolute atomic E-state index is 3.60. The third-order valence-corrected chi connectivity index (χ3v) is 3.95. The molecule has 0 saturated carbocycles. The first-order valence-electron chi connectivity index (χ1n) is 7.50. The van der Waals surface area contributed by atoms with Crippen molar-refractivity contribution in [3.8, 4) is 0 Å². The van der Waals surface area contributed by atoms with Crippen molar-refractivity contribution in [2.45, 2.75) is 65.8 Å². The highest BCUT2D eigenvalue weighted by atomic mass is 15.2. The standard InChI is InChI=1S/C15H32N2/c1-5-6-7-10-16-12-14(2)17-11-8-9-15(3,4)13-17/h14,16H,5-13H2,1-4H3. The fraction of sp³-hybridized carbons (Fsp3) is 1.00. The zero-order valence-corrected chi connectivity index (χ0v) is 12.4. The first-order chi connectivity index (χ1) is 8.05. The number of hydrogen-bond acceptors (Lipinski definition) is 2. The number of likely N-dealkylation sites (tertiary alicyclic amines) is 1. The highest BCUT2D eigenvalue weighted by Gasteiger charge is 2.28. The average Bonchev–Trinajstić information content (AvgIpc) is 2.27. The number of unbranched alkanes of at least 4 members (excludes halogenated alkanes) is 2. The summed E-state index contributed by atoms with van der Waals surface area (Å²) in [7, 11) is 0. The van der Waals surface area contributed by atoms with Crippen LogP contribution in [0.2, 0.25) is 0 Å². The molecule has 0 radical (unpaired) electrons. The van der Waals surface area contributed by atoms with Crippen molar-refractivity contribution >= 4 is 0 Å². The van der Waals surface area contributed by atoms with Crippen LogP contribution in [0.1, 0.15) is 59.8 Å². The summed E-state index contributed by atoms with van der Waals surface area (Å²) in [5.41, 5.74) is 0.523. The molecule has 0 aromatic rings. The molecule has 0 spiro atoms. The van der Waals surface area contributed by atoms with E-state index in [4.69, 9.17) is 0 Å². The molecule has 0 bridgehead atoms. The molecule has 1 unspecified atom stereocenters. The number of nitrogens with zero attached hydrogens (tertiary/aromatic N) is 1. The van der Waals surface area contributed by atoms with Crippen molar-refractivity contribution in [2.24, 2.45) is 5.41 Å². The van der Waals surface area contributed by atoms with E-state index in [0.717, 1.165) is 6.54 Å². The Labute approximate surface area is 108 Å². The van der Waals surface area contributed by atoms with Crippen LogP contribution in [0.4, 0.5) is 0 Å². The van der Waals surface area contributed by atoms with E-state index in [2.05, 4.69) is 37.9 Å². The summed E-state index contributed by atoms with van der Waals surface area (Å²) in [4.78, 5) is 2.66. The minimum atomic E-state index is 0.523. The molecule has 1 fully saturated rings. The zero-order valence-electron chi connectivity index (χ0n) is 12.4. The van der Waals surface area contributed by atoms with E-state index in [1.165, 1.54) is 51.7 Å². The predicted octanol–water partition coefficient (Wildman–Crippen LogP) is 3.28. The molecule has 102 valence electrons. The van der Waals surface area contributed by atoms with E-state index in [1.54, 1.807) is 0 Å². The van der Waals surface area contributed by atoms with Crippen molar-refractivity contribution in [3.05, 3.63) is 0 Å². The van der Waals surface area contributed by atoms with Crippen LogP contribution in [0.3, 0.4) is 0 Å². The van der Waals surface area contributed by atoms with Gasteiger partial charge in [-0.3, -0.25) is 4.90 Å². The van der Waals surface area contributed by atoms with E-state index in [-0.39, 0.29) is 0 Å². The van der Waals surface area contributed by atoms with Crippen LogP contribution in [0.25, 0.3) is 0 Å². The Morgan fingerprint density at radius 1 is 1.29 bits per heavy atom. The van der Waals surface area contributed by atoms with Crippen molar-refractivity contribution < 1.29 is 0 Å². The molecule has 0 aromatic carbocycles. The summed E-state index contributed by atoms with van der Waals surface area (Å²) in [6.07, 6.45) is 6.76. The second-order valence-corrected chi connectivity index (χ2v) is 6.50. The molecule has 2 nitrogen and oxygen atoms in total. The van der Waals surface area contributed by atoms with Gasteiger partial charge in [0.2, 0.25) is 0 Å². The van der Waals surface area contributed by atoms with Crippen LogP contribution in [0.15, 0.2) is 0 Å². The molecule has 0 aromatic heterocycles. The van der Waals surface area contributed by atoms with E-state index < -0.39 is 0 Å². The minimum absolute atomic E-state index is 0.523. The van der Waals surface area contributed by atoms with E-state index in [9.17, 15) is 0 Å². The SMILES string of the molecule is CCCCCNCC(C)N1CCCC(C)(C)C1. The Bertz CT molecular complexity index is 201. The molecule has 1 atom stereocenters. The van der Waals surface area contributed by atoms with Gasteiger partial charge < -0.3 is 5.32 Å². The van der Waals surface area contributed by atoms with Crippen molar-refractivity contribution in [1.29, 1.82) is 0 Å². The fourth-order valence-corrected chi connectivity index (χ4v) is 2.78. The number of piperidine rings is 1. The van der Waals surface area contributed by atoms with Gasteiger partial charge in [0.1, 0.15) is 0 Å². The van der Waals surface area contributed by atoms with Gasteiger partial charge in [-0.05, 0) is 44.7 Å². The Kier molecular flexibility index (Phi) is 6.50. The summed E-state index contributed by atoms with van der Waals surface area (Å²) < 4.78 is 0. The third-order valence-electron chi connectivity index (χ3n) is 3.95. The summed E-state index contributed by atoms with van der Waals surface area (Å²) >= 11 is 0. The fourth-order valence-electron chi connectivity index (χ4n) is 2.78. The van der Waals surface area contributed by atoms with E-state index in [0.29, 0.717) is 11.5 Å². The Balaban J connectivity index is 2.16. The number of hydrogen-bond donors (Lipinski definition) is 1. The van der Waals surface area contributed by atoms with Crippen molar-refractivity contribution in [3.63, 3.8) is 0 Å². The molecular formula is C15H32N2. The predicted molar refractivity (Wildman–Crippen MR) is 76.4 cm³/mol. The molecule has 1 heterocycles. The van der Waals surface area contributed by atoms with Gasteiger partial charge in [-0.1, -0.05) is 33.6 Å². The average molecular weight is 240 g/mol. The minimum Gasteiger partial charge on any atom is -0.315 e. The molecule has 2 heteroatoms. The van der Waals surface area contributed by atoms with Crippen molar-refractivity contribution in [2.75, 3.05) is 26.2 Å². The van der Waals surface area contributed by atoms with Crippen LogP contribution in [0.5, 0.6) is 0 Å². The summed E-state index contributed by atoms with van der Waals surface area (Å²) in [6.45, 7) is 14.3. The highest BCUT2D eigenvalue weighted by Crippen LogP contribution is 2.29. The Morgan fingerprint density at radius 3 is 2.71 bits per heavy atom. The topological polar surface area (TPSA) is 15.3 Å². The molecule has 0 amide bonds. The number of nitrogens with one attached hydrogen (secondary N) is 1. The first kappa shape index (κ1) is 15.0. The zero-order chi connectivity index (χ0) is 12.7. The lowest BCUT2D eigenvalue weighted by Crippen LogP contribution is -2.48. The summed E-state index contributed by atoms with van der Waals surface area (Å²) in [5.74, 6) is 0. The Morgan fingerprint density at radius 2 is 2.06 bits per heavy atom. The summed E-state index contributed by atoms with van der Waals surface area (Å²) in [5, 5.41) is 3.60. The van der Waals surface area contributed by atoms with Crippen LogP contribution < -0.4 is 5.32 Å². The van der Waals surface area contributed by atoms with Gasteiger partial charge in [-0.25, -0.2) is 0 Å². The second-order valence-electron chi connectivity index (χ2n) is 6.50. The van der Waals surface area contributed by atoms with Gasteiger partial charge >= 0.3 is 0 Å². The first-order valence-corrected chi connectivity index (χ1v) is 7.50. The molecule has 1 aliphatic heterocycles. The second kappa shape index (κ2) is 7.38. The van der Waals surface area contributed by atoms with Crippen molar-refractivity contribution in [1.82, 2.24) is 10.2 Å². The van der Waals surface area contributed by atoms with Gasteiger partial charge in [-0.15, -0.1) is 0 Å². The van der Waals surface area contributed by atoms with E-state index >= 15 is 0 Å². The summed E-state index contributed by atoms with van der Waals surface area (Å²) in [6, 6.07) is 0.691. The molecular weight excluding hydrogens is 208 g/mol. The van der Waals surface area contributed by atoms with Crippen LogP contribution in [0, 0.1) is 5.41 Å². The van der Waals surface area contributed by atoms with Gasteiger partial charge in [0.05, 0.1) is 0 Å². The monoisotopic (exact) mass is 240 g/mol. The molecule has 1 rings (SSSR count). The van der Waals surface area contributed by atoms with Crippen LogP contribution in [-0.4, -0.2) is 37.1 Å². The normalized spacial score (nSPS) is 22.6. The smallest absolute Gasteiger partial charge is 0.0192 e. The molecule has 1 N–H and O–H groups in total. The molecule has 1 saturated heterocycles. The third kappa shape index (κ3) is 5.87. The molecule has 1 aliphatic rings. The molecule has 17 heavy (non-hydrogen) atoms. The lowest BCUT2D eigenvalue weighted by molar-refractivity contribution is 0.0843. The van der Waals surface area contributed by atoms with Gasteiger partial charge in [0, 0.05) is 19.1 Å². The van der Waals surface area contributed by atoms with Gasteiger partial charge in [-0.2, -0.15) is 0 Å². The van der Waals surface area contributed by atoms with Crippen LogP contribution >= 0.6 is 0 Å². The lowest BCUT2D eigenvalue weighted by atomic mass is 9.83. The molecule has 0 aliphatic carbocycles. The maximum atomic E-state index is 3.60.